The van der Waals surface area contributed by atoms with Gasteiger partial charge in [0.05, 0.1) is 11.9 Å². The van der Waals surface area contributed by atoms with Crippen LogP contribution in [-0.4, -0.2) is 50.0 Å². The van der Waals surface area contributed by atoms with E-state index in [4.69, 9.17) is 34.8 Å². The van der Waals surface area contributed by atoms with Gasteiger partial charge >= 0.3 is 0 Å². The van der Waals surface area contributed by atoms with Crippen molar-refractivity contribution in [2.75, 3.05) is 17.1 Å². The molecule has 0 spiro atoms. The Morgan fingerprint density at radius 1 is 0.846 bits per heavy atom. The van der Waals surface area contributed by atoms with Crippen molar-refractivity contribution in [3.63, 3.8) is 0 Å². The fraction of sp³-hybridized carbons (Fsp3) is 0.286. The number of nitrogens with one attached hydrogen (secondary N) is 1. The van der Waals surface area contributed by atoms with E-state index < -0.39 is 28.5 Å². The number of rotatable bonds is 11. The molecule has 0 bridgehead atoms. The van der Waals surface area contributed by atoms with Gasteiger partial charge in [0.1, 0.15) is 12.6 Å². The summed E-state index contributed by atoms with van der Waals surface area (Å²) in [4.78, 5) is 28.9. The second-order valence-electron chi connectivity index (χ2n) is 9.41. The molecule has 39 heavy (non-hydrogen) atoms. The molecule has 7 nitrogen and oxygen atoms in total. The second kappa shape index (κ2) is 13.5. The van der Waals surface area contributed by atoms with E-state index in [0.717, 1.165) is 21.7 Å². The van der Waals surface area contributed by atoms with Crippen LogP contribution in [0.1, 0.15) is 25.0 Å². The summed E-state index contributed by atoms with van der Waals surface area (Å²) in [5, 5.41) is 3.86. The summed E-state index contributed by atoms with van der Waals surface area (Å²) in [5.41, 5.74) is 1.71. The Balaban J connectivity index is 2.06. The Labute approximate surface area is 244 Å². The van der Waals surface area contributed by atoms with Crippen LogP contribution in [0.2, 0.25) is 15.1 Å². The van der Waals surface area contributed by atoms with Crippen molar-refractivity contribution in [3.8, 4) is 0 Å². The van der Waals surface area contributed by atoms with Gasteiger partial charge in [0.25, 0.3) is 0 Å². The highest BCUT2D eigenvalue weighted by atomic mass is 35.5. The van der Waals surface area contributed by atoms with Crippen molar-refractivity contribution in [2.45, 2.75) is 38.9 Å². The van der Waals surface area contributed by atoms with E-state index in [1.165, 1.54) is 23.1 Å². The minimum atomic E-state index is -3.93. The summed E-state index contributed by atoms with van der Waals surface area (Å²) in [6.07, 6.45) is 1.21. The lowest BCUT2D eigenvalue weighted by Crippen LogP contribution is -2.54. The fourth-order valence-corrected chi connectivity index (χ4v) is 5.49. The average molecular weight is 611 g/mol. The summed E-state index contributed by atoms with van der Waals surface area (Å²) in [5.74, 6) is -0.931. The molecule has 0 radical (unpaired) electrons. The van der Waals surface area contributed by atoms with Crippen LogP contribution in [0.4, 0.5) is 5.69 Å². The number of carbonyl (C=O) groups is 2. The molecule has 2 amide bonds. The molecule has 0 aliphatic carbocycles. The summed E-state index contributed by atoms with van der Waals surface area (Å²) >= 11 is 18.3. The number of benzene rings is 3. The third-order valence-electron chi connectivity index (χ3n) is 5.78. The van der Waals surface area contributed by atoms with Crippen molar-refractivity contribution < 1.29 is 18.0 Å². The maximum absolute atomic E-state index is 14.0. The van der Waals surface area contributed by atoms with Gasteiger partial charge < -0.3 is 10.2 Å². The number of hydrogen-bond acceptors (Lipinski definition) is 4. The van der Waals surface area contributed by atoms with Crippen LogP contribution in [0.3, 0.4) is 0 Å². The predicted molar refractivity (Wildman–Crippen MR) is 158 cm³/mol. The van der Waals surface area contributed by atoms with Crippen LogP contribution < -0.4 is 9.62 Å². The minimum Gasteiger partial charge on any atom is -0.352 e. The van der Waals surface area contributed by atoms with E-state index in [2.05, 4.69) is 5.32 Å². The van der Waals surface area contributed by atoms with E-state index in [1.807, 2.05) is 44.2 Å². The molecular weight excluding hydrogens is 581 g/mol. The van der Waals surface area contributed by atoms with Gasteiger partial charge in [-0.3, -0.25) is 13.9 Å². The normalized spacial score (nSPS) is 12.2. The molecule has 0 aliphatic rings. The largest absolute Gasteiger partial charge is 0.352 e. The molecule has 0 aromatic heterocycles. The molecule has 11 heteroatoms. The Morgan fingerprint density at radius 3 is 1.97 bits per heavy atom. The van der Waals surface area contributed by atoms with Crippen LogP contribution >= 0.6 is 34.8 Å². The van der Waals surface area contributed by atoms with Crippen LogP contribution in [0, 0.1) is 0 Å². The summed E-state index contributed by atoms with van der Waals surface area (Å²) in [6, 6.07) is 19.4. The highest BCUT2D eigenvalue weighted by Crippen LogP contribution is 2.27. The zero-order valence-electron chi connectivity index (χ0n) is 21.8. The van der Waals surface area contributed by atoms with Gasteiger partial charge in [0.2, 0.25) is 21.8 Å². The van der Waals surface area contributed by atoms with Gasteiger partial charge in [0, 0.05) is 34.1 Å². The first-order valence-corrected chi connectivity index (χ1v) is 15.1. The monoisotopic (exact) mass is 609 g/mol. The minimum absolute atomic E-state index is 0.0485. The number of anilines is 1. The van der Waals surface area contributed by atoms with Crippen molar-refractivity contribution in [2.24, 2.45) is 0 Å². The standard InChI is InChI=1S/C28H30Cl3N3O4S/c1-19(2)32-28(36)26(13-20-7-5-4-6-8-20)33(17-21-9-11-22(29)12-10-21)27(35)18-34(39(3,37)38)25-15-23(30)14-24(31)16-25/h4-12,14-16,19,26H,13,17-18H2,1-3H3,(H,32,36)/t26-/m0/s1. The molecule has 0 saturated carbocycles. The first-order valence-electron chi connectivity index (χ1n) is 12.2. The zero-order valence-corrected chi connectivity index (χ0v) is 24.9. The SMILES string of the molecule is CC(C)NC(=O)[C@H](Cc1ccccc1)N(Cc1ccc(Cl)cc1)C(=O)CN(c1cc(Cl)cc(Cl)c1)S(C)(=O)=O. The van der Waals surface area contributed by atoms with Gasteiger partial charge in [-0.1, -0.05) is 77.3 Å². The fourth-order valence-electron chi connectivity index (χ4n) is 4.02. The number of sulfonamides is 1. The topological polar surface area (TPSA) is 86.8 Å². The van der Waals surface area contributed by atoms with E-state index in [-0.39, 0.29) is 40.6 Å². The average Bonchev–Trinajstić information content (AvgIpc) is 2.84. The maximum Gasteiger partial charge on any atom is 0.244 e. The number of halogens is 3. The maximum atomic E-state index is 14.0. The summed E-state index contributed by atoms with van der Waals surface area (Å²) in [7, 11) is -3.93. The van der Waals surface area contributed by atoms with Crippen LogP contribution in [0.25, 0.3) is 0 Å². The van der Waals surface area contributed by atoms with Gasteiger partial charge in [-0.2, -0.15) is 0 Å². The van der Waals surface area contributed by atoms with Crippen LogP contribution in [0.15, 0.2) is 72.8 Å². The van der Waals surface area contributed by atoms with Gasteiger partial charge in [-0.15, -0.1) is 0 Å². The predicted octanol–water partition coefficient (Wildman–Crippen LogP) is 5.58. The van der Waals surface area contributed by atoms with Crippen molar-refractivity contribution in [3.05, 3.63) is 99.0 Å². The number of amides is 2. The molecule has 3 rings (SSSR count). The van der Waals surface area contributed by atoms with Crippen molar-refractivity contribution >= 4 is 62.3 Å². The van der Waals surface area contributed by atoms with E-state index in [9.17, 15) is 18.0 Å². The number of nitrogens with zero attached hydrogens (tertiary/aromatic N) is 2. The third-order valence-corrected chi connectivity index (χ3v) is 7.61. The van der Waals surface area contributed by atoms with Crippen LogP contribution in [0.5, 0.6) is 0 Å². The molecule has 3 aromatic rings. The second-order valence-corrected chi connectivity index (χ2v) is 12.6. The molecular formula is C28H30Cl3N3O4S. The summed E-state index contributed by atoms with van der Waals surface area (Å²) < 4.78 is 26.6. The van der Waals surface area contributed by atoms with Gasteiger partial charge in [-0.25, -0.2) is 8.42 Å². The first-order chi connectivity index (χ1) is 18.3. The highest BCUT2D eigenvalue weighted by Gasteiger charge is 2.33. The molecule has 0 aliphatic heterocycles. The zero-order chi connectivity index (χ0) is 28.7. The lowest BCUT2D eigenvalue weighted by atomic mass is 10.0. The molecule has 1 atom stereocenters. The number of carbonyl (C=O) groups excluding carboxylic acids is 2. The quantitative estimate of drug-likeness (QED) is 0.307. The van der Waals surface area contributed by atoms with Crippen molar-refractivity contribution in [1.82, 2.24) is 10.2 Å². The Bertz CT molecular complexity index is 1380. The van der Waals surface area contributed by atoms with Crippen molar-refractivity contribution in [1.29, 1.82) is 0 Å². The molecule has 0 unspecified atom stereocenters. The molecule has 3 aromatic carbocycles. The Hall–Kier alpha value is -2.78. The van der Waals surface area contributed by atoms with E-state index in [1.54, 1.807) is 24.3 Å². The van der Waals surface area contributed by atoms with E-state index in [0.29, 0.717) is 5.02 Å². The molecule has 0 fully saturated rings. The lowest BCUT2D eigenvalue weighted by Gasteiger charge is -2.34. The molecule has 208 valence electrons. The third kappa shape index (κ3) is 9.14. The Kier molecular flexibility index (Phi) is 10.7. The summed E-state index contributed by atoms with van der Waals surface area (Å²) in [6.45, 7) is 3.14. The molecule has 1 N–H and O–H groups in total. The highest BCUT2D eigenvalue weighted by molar-refractivity contribution is 7.92. The molecule has 0 heterocycles. The van der Waals surface area contributed by atoms with E-state index >= 15 is 0 Å². The first kappa shape index (κ1) is 30.8. The van der Waals surface area contributed by atoms with Crippen LogP contribution in [-0.2, 0) is 32.6 Å². The lowest BCUT2D eigenvalue weighted by molar-refractivity contribution is -0.140. The smallest absolute Gasteiger partial charge is 0.244 e. The van der Waals surface area contributed by atoms with Gasteiger partial charge in [0.15, 0.2) is 0 Å². The molecule has 0 saturated heterocycles. The van der Waals surface area contributed by atoms with Gasteiger partial charge in [-0.05, 0) is 55.3 Å². The number of hydrogen-bond donors (Lipinski definition) is 1. The Morgan fingerprint density at radius 2 is 1.44 bits per heavy atom.